The number of benzene rings is 2. The van der Waals surface area contributed by atoms with E-state index in [1.807, 2.05) is 0 Å². The predicted octanol–water partition coefficient (Wildman–Crippen LogP) is 4.71. The lowest BCUT2D eigenvalue weighted by Crippen LogP contribution is -2.22. The maximum absolute atomic E-state index is 12.0. The number of nitrogens with one attached hydrogen (secondary N) is 2. The largest absolute Gasteiger partial charge is 0.495 e. The number of carbonyl (C=O) groups is 1. The SMILES string of the molecule is COc1ccc(Cl)cc1NC(=O)CNc1ccc(Cl)c(Cl)c1. The first-order valence-electron chi connectivity index (χ1n) is 6.32. The smallest absolute Gasteiger partial charge is 0.243 e. The van der Waals surface area contributed by atoms with E-state index >= 15 is 0 Å². The zero-order valence-electron chi connectivity index (χ0n) is 11.6. The molecule has 0 heterocycles. The lowest BCUT2D eigenvalue weighted by molar-refractivity contribution is -0.114. The third-order valence-corrected chi connectivity index (χ3v) is 3.78. The van der Waals surface area contributed by atoms with Crippen molar-refractivity contribution in [2.75, 3.05) is 24.3 Å². The molecule has 0 saturated carbocycles. The highest BCUT2D eigenvalue weighted by Crippen LogP contribution is 2.28. The number of methoxy groups -OCH3 is 1. The Morgan fingerprint density at radius 3 is 2.55 bits per heavy atom. The van der Waals surface area contributed by atoms with Gasteiger partial charge in [0.1, 0.15) is 5.75 Å². The Morgan fingerprint density at radius 1 is 1.09 bits per heavy atom. The number of anilines is 2. The van der Waals surface area contributed by atoms with Gasteiger partial charge in [0, 0.05) is 10.7 Å². The van der Waals surface area contributed by atoms with Crippen molar-refractivity contribution in [3.05, 3.63) is 51.5 Å². The van der Waals surface area contributed by atoms with Gasteiger partial charge >= 0.3 is 0 Å². The number of rotatable bonds is 5. The lowest BCUT2D eigenvalue weighted by Gasteiger charge is -2.11. The Hall–Kier alpha value is -1.62. The van der Waals surface area contributed by atoms with Crippen LogP contribution >= 0.6 is 34.8 Å². The van der Waals surface area contributed by atoms with Gasteiger partial charge in [-0.1, -0.05) is 34.8 Å². The van der Waals surface area contributed by atoms with Crippen molar-refractivity contribution in [2.45, 2.75) is 0 Å². The zero-order valence-corrected chi connectivity index (χ0v) is 13.9. The molecule has 0 atom stereocenters. The molecule has 0 saturated heterocycles. The van der Waals surface area contributed by atoms with Crippen molar-refractivity contribution < 1.29 is 9.53 Å². The van der Waals surface area contributed by atoms with Gasteiger partial charge in [0.2, 0.25) is 5.91 Å². The molecule has 0 unspecified atom stereocenters. The first-order valence-corrected chi connectivity index (χ1v) is 7.45. The summed E-state index contributed by atoms with van der Waals surface area (Å²) in [4.78, 5) is 12.0. The fourth-order valence-corrected chi connectivity index (χ4v) is 2.23. The zero-order chi connectivity index (χ0) is 16.1. The number of ether oxygens (including phenoxy) is 1. The van der Waals surface area contributed by atoms with E-state index in [4.69, 9.17) is 39.5 Å². The van der Waals surface area contributed by atoms with Gasteiger partial charge in [-0.2, -0.15) is 0 Å². The standard InChI is InChI=1S/C15H13Cl3N2O2/c1-22-14-5-2-9(16)6-13(14)20-15(21)8-19-10-3-4-11(17)12(18)7-10/h2-7,19H,8H2,1H3,(H,20,21). The predicted molar refractivity (Wildman–Crippen MR) is 91.6 cm³/mol. The molecule has 0 fully saturated rings. The Morgan fingerprint density at radius 2 is 1.86 bits per heavy atom. The van der Waals surface area contributed by atoms with E-state index in [0.717, 1.165) is 0 Å². The third-order valence-electron chi connectivity index (χ3n) is 2.81. The van der Waals surface area contributed by atoms with Gasteiger partial charge in [0.25, 0.3) is 0 Å². The van der Waals surface area contributed by atoms with E-state index < -0.39 is 0 Å². The molecule has 0 aromatic heterocycles. The van der Waals surface area contributed by atoms with Gasteiger partial charge < -0.3 is 15.4 Å². The normalized spacial score (nSPS) is 10.2. The van der Waals surface area contributed by atoms with E-state index in [0.29, 0.717) is 32.2 Å². The molecule has 2 aromatic rings. The van der Waals surface area contributed by atoms with Crippen LogP contribution in [0.15, 0.2) is 36.4 Å². The molecule has 2 N–H and O–H groups in total. The molecule has 0 aliphatic heterocycles. The van der Waals surface area contributed by atoms with E-state index in [1.54, 1.807) is 36.4 Å². The van der Waals surface area contributed by atoms with E-state index in [1.165, 1.54) is 7.11 Å². The highest BCUT2D eigenvalue weighted by atomic mass is 35.5. The van der Waals surface area contributed by atoms with Crippen molar-refractivity contribution in [1.29, 1.82) is 0 Å². The summed E-state index contributed by atoms with van der Waals surface area (Å²) < 4.78 is 5.17. The Balaban J connectivity index is 1.98. The fraction of sp³-hybridized carbons (Fsp3) is 0.133. The fourth-order valence-electron chi connectivity index (χ4n) is 1.76. The summed E-state index contributed by atoms with van der Waals surface area (Å²) >= 11 is 17.7. The average Bonchev–Trinajstić information content (AvgIpc) is 2.49. The Labute approximate surface area is 143 Å². The molecule has 0 aliphatic rings. The van der Waals surface area contributed by atoms with Crippen molar-refractivity contribution in [3.8, 4) is 5.75 Å². The van der Waals surface area contributed by atoms with E-state index in [9.17, 15) is 4.79 Å². The molecule has 116 valence electrons. The van der Waals surface area contributed by atoms with Gasteiger partial charge in [0.05, 0.1) is 29.4 Å². The first kappa shape index (κ1) is 16.7. The van der Waals surface area contributed by atoms with Crippen LogP contribution in [0.25, 0.3) is 0 Å². The van der Waals surface area contributed by atoms with Crippen LogP contribution in [-0.4, -0.2) is 19.6 Å². The molecule has 2 rings (SSSR count). The summed E-state index contributed by atoms with van der Waals surface area (Å²) in [5, 5.41) is 7.07. The van der Waals surface area contributed by atoms with Crippen LogP contribution in [0.4, 0.5) is 11.4 Å². The van der Waals surface area contributed by atoms with E-state index in [-0.39, 0.29) is 12.5 Å². The molecule has 22 heavy (non-hydrogen) atoms. The molecule has 1 amide bonds. The number of carbonyl (C=O) groups excluding carboxylic acids is 1. The van der Waals surface area contributed by atoms with Crippen LogP contribution < -0.4 is 15.4 Å². The molecular formula is C15H13Cl3N2O2. The summed E-state index contributed by atoms with van der Waals surface area (Å²) in [7, 11) is 1.52. The minimum atomic E-state index is -0.244. The van der Waals surface area contributed by atoms with Crippen molar-refractivity contribution in [2.24, 2.45) is 0 Å². The van der Waals surface area contributed by atoms with Crippen molar-refractivity contribution >= 4 is 52.1 Å². The van der Waals surface area contributed by atoms with E-state index in [2.05, 4.69) is 10.6 Å². The van der Waals surface area contributed by atoms with Gasteiger partial charge in [-0.15, -0.1) is 0 Å². The third kappa shape index (κ3) is 4.44. The van der Waals surface area contributed by atoms with Crippen LogP contribution in [0.5, 0.6) is 5.75 Å². The van der Waals surface area contributed by atoms with Crippen molar-refractivity contribution in [3.63, 3.8) is 0 Å². The second-order valence-electron chi connectivity index (χ2n) is 4.38. The van der Waals surface area contributed by atoms with Gasteiger partial charge in [-0.25, -0.2) is 0 Å². The van der Waals surface area contributed by atoms with Crippen LogP contribution in [-0.2, 0) is 4.79 Å². The second-order valence-corrected chi connectivity index (χ2v) is 5.63. The molecule has 7 heteroatoms. The van der Waals surface area contributed by atoms with Crippen LogP contribution in [0.2, 0.25) is 15.1 Å². The first-order chi connectivity index (χ1) is 10.5. The molecule has 0 radical (unpaired) electrons. The van der Waals surface area contributed by atoms with Crippen LogP contribution in [0.1, 0.15) is 0 Å². The summed E-state index contributed by atoms with van der Waals surface area (Å²) in [6, 6.07) is 10.0. The highest BCUT2D eigenvalue weighted by molar-refractivity contribution is 6.42. The quantitative estimate of drug-likeness (QED) is 0.813. The average molecular weight is 360 g/mol. The summed E-state index contributed by atoms with van der Waals surface area (Å²) in [6.45, 7) is 0.0631. The van der Waals surface area contributed by atoms with Crippen molar-refractivity contribution in [1.82, 2.24) is 0 Å². The minimum absolute atomic E-state index is 0.0631. The molecule has 0 bridgehead atoms. The summed E-state index contributed by atoms with van der Waals surface area (Å²) in [6.07, 6.45) is 0. The molecule has 4 nitrogen and oxygen atoms in total. The number of halogens is 3. The summed E-state index contributed by atoms with van der Waals surface area (Å²) in [5.41, 5.74) is 1.21. The van der Waals surface area contributed by atoms with Gasteiger partial charge in [-0.05, 0) is 36.4 Å². The molecule has 0 spiro atoms. The Kier molecular flexibility index (Phi) is 5.77. The minimum Gasteiger partial charge on any atom is -0.495 e. The monoisotopic (exact) mass is 358 g/mol. The molecular weight excluding hydrogens is 347 g/mol. The maximum Gasteiger partial charge on any atom is 0.243 e. The van der Waals surface area contributed by atoms with Gasteiger partial charge in [-0.3, -0.25) is 4.79 Å². The topological polar surface area (TPSA) is 50.4 Å². The number of amides is 1. The summed E-state index contributed by atoms with van der Waals surface area (Å²) in [5.74, 6) is 0.291. The highest BCUT2D eigenvalue weighted by Gasteiger charge is 2.08. The van der Waals surface area contributed by atoms with Crippen LogP contribution in [0.3, 0.4) is 0 Å². The number of hydrogen-bond acceptors (Lipinski definition) is 3. The van der Waals surface area contributed by atoms with Gasteiger partial charge in [0.15, 0.2) is 0 Å². The van der Waals surface area contributed by atoms with Crippen LogP contribution in [0, 0.1) is 0 Å². The second kappa shape index (κ2) is 7.58. The molecule has 0 aliphatic carbocycles. The lowest BCUT2D eigenvalue weighted by atomic mass is 10.3. The maximum atomic E-state index is 12.0. The molecule has 2 aromatic carbocycles. The Bertz CT molecular complexity index is 692. The number of hydrogen-bond donors (Lipinski definition) is 2.